The number of aryl methyl sites for hydroxylation is 2. The summed E-state index contributed by atoms with van der Waals surface area (Å²) in [6.07, 6.45) is 0.964. The molecule has 0 aliphatic carbocycles. The van der Waals surface area contributed by atoms with Gasteiger partial charge in [-0.3, -0.25) is 9.58 Å². The van der Waals surface area contributed by atoms with Crippen LogP contribution in [0.25, 0.3) is 0 Å². The molecule has 1 aromatic heterocycles. The van der Waals surface area contributed by atoms with E-state index in [0.29, 0.717) is 0 Å². The van der Waals surface area contributed by atoms with E-state index >= 15 is 0 Å². The van der Waals surface area contributed by atoms with Gasteiger partial charge in [-0.05, 0) is 26.5 Å². The predicted molar refractivity (Wildman–Crippen MR) is 63.7 cm³/mol. The van der Waals surface area contributed by atoms with Crippen LogP contribution in [0.5, 0.6) is 0 Å². The Kier molecular flexibility index (Phi) is 4.51. The topological polar surface area (TPSA) is 44.9 Å². The Bertz CT molecular complexity index is 375. The first kappa shape index (κ1) is 12.7. The van der Waals surface area contributed by atoms with Gasteiger partial charge in [0.15, 0.2) is 0 Å². The number of aromatic nitrogens is 2. The number of hydrogen-bond acceptors (Lipinski definition) is 3. The molecule has 0 N–H and O–H groups in total. The van der Waals surface area contributed by atoms with Crippen molar-refractivity contribution in [1.82, 2.24) is 14.7 Å². The zero-order valence-electron chi connectivity index (χ0n) is 10.6. The van der Waals surface area contributed by atoms with E-state index < -0.39 is 0 Å². The number of hydrogen-bond donors (Lipinski definition) is 0. The van der Waals surface area contributed by atoms with Crippen LogP contribution in [0.3, 0.4) is 0 Å². The number of rotatable bonds is 5. The van der Waals surface area contributed by atoms with Gasteiger partial charge in [0.2, 0.25) is 0 Å². The predicted octanol–water partition coefficient (Wildman–Crippen LogP) is 1.57. The highest BCUT2D eigenvalue weighted by atomic mass is 15.3. The van der Waals surface area contributed by atoms with E-state index in [2.05, 4.69) is 29.1 Å². The Hall–Kier alpha value is -1.34. The normalized spacial score (nSPS) is 12.8. The van der Waals surface area contributed by atoms with Gasteiger partial charge in [0, 0.05) is 20.1 Å². The van der Waals surface area contributed by atoms with Crippen LogP contribution in [0.1, 0.15) is 25.2 Å². The molecule has 1 unspecified atom stereocenters. The van der Waals surface area contributed by atoms with Crippen LogP contribution in [-0.4, -0.2) is 28.3 Å². The Morgan fingerprint density at radius 1 is 1.62 bits per heavy atom. The molecule has 0 radical (unpaired) electrons. The highest BCUT2D eigenvalue weighted by Crippen LogP contribution is 2.07. The van der Waals surface area contributed by atoms with E-state index in [4.69, 9.17) is 5.26 Å². The Balaban J connectivity index is 2.59. The minimum Gasteiger partial charge on any atom is -0.299 e. The molecule has 0 aliphatic rings. The average molecular weight is 220 g/mol. The fourth-order valence-electron chi connectivity index (χ4n) is 1.74. The molecule has 1 atom stereocenters. The van der Waals surface area contributed by atoms with Gasteiger partial charge in [0.25, 0.3) is 0 Å². The second-order valence-corrected chi connectivity index (χ2v) is 4.33. The first-order valence-electron chi connectivity index (χ1n) is 5.66. The Morgan fingerprint density at radius 2 is 2.31 bits per heavy atom. The SMILES string of the molecule is CCc1cc(CN(C)CC(C)C#N)n(C)n1. The van der Waals surface area contributed by atoms with Gasteiger partial charge >= 0.3 is 0 Å². The molecule has 0 aliphatic heterocycles. The maximum atomic E-state index is 8.75. The van der Waals surface area contributed by atoms with Crippen LogP contribution in [0.4, 0.5) is 0 Å². The first-order chi connectivity index (χ1) is 7.56. The maximum absolute atomic E-state index is 8.75. The van der Waals surface area contributed by atoms with Gasteiger partial charge in [0.1, 0.15) is 0 Å². The molecule has 0 amide bonds. The van der Waals surface area contributed by atoms with E-state index in [1.54, 1.807) is 0 Å². The second-order valence-electron chi connectivity index (χ2n) is 4.33. The molecule has 4 nitrogen and oxygen atoms in total. The van der Waals surface area contributed by atoms with Crippen LogP contribution >= 0.6 is 0 Å². The van der Waals surface area contributed by atoms with Crippen LogP contribution in [-0.2, 0) is 20.0 Å². The minimum absolute atomic E-state index is 0.0730. The van der Waals surface area contributed by atoms with E-state index in [0.717, 1.165) is 25.2 Å². The van der Waals surface area contributed by atoms with Crippen molar-refractivity contribution in [3.8, 4) is 6.07 Å². The maximum Gasteiger partial charge on any atom is 0.0666 e. The first-order valence-corrected chi connectivity index (χ1v) is 5.66. The molecular weight excluding hydrogens is 200 g/mol. The van der Waals surface area contributed by atoms with Gasteiger partial charge in [-0.25, -0.2) is 0 Å². The van der Waals surface area contributed by atoms with Crippen molar-refractivity contribution in [1.29, 1.82) is 5.26 Å². The van der Waals surface area contributed by atoms with Crippen molar-refractivity contribution < 1.29 is 0 Å². The summed E-state index contributed by atoms with van der Waals surface area (Å²) in [5.41, 5.74) is 2.32. The van der Waals surface area contributed by atoms with E-state index in [-0.39, 0.29) is 5.92 Å². The largest absolute Gasteiger partial charge is 0.299 e. The Labute approximate surface area is 97.5 Å². The van der Waals surface area contributed by atoms with Crippen molar-refractivity contribution in [2.75, 3.05) is 13.6 Å². The quantitative estimate of drug-likeness (QED) is 0.756. The van der Waals surface area contributed by atoms with Gasteiger partial charge in [0.05, 0.1) is 23.4 Å². The summed E-state index contributed by atoms with van der Waals surface area (Å²) < 4.78 is 1.92. The van der Waals surface area contributed by atoms with Crippen molar-refractivity contribution in [2.24, 2.45) is 13.0 Å². The highest BCUT2D eigenvalue weighted by molar-refractivity contribution is 5.10. The standard InChI is InChI=1S/C12H20N4/c1-5-11-6-12(16(4)14-11)9-15(3)8-10(2)7-13/h6,10H,5,8-9H2,1-4H3. The summed E-state index contributed by atoms with van der Waals surface area (Å²) >= 11 is 0. The fraction of sp³-hybridized carbons (Fsp3) is 0.667. The number of nitriles is 1. The molecule has 1 heterocycles. The summed E-state index contributed by atoms with van der Waals surface area (Å²) in [6.45, 7) is 5.68. The summed E-state index contributed by atoms with van der Waals surface area (Å²) in [4.78, 5) is 2.16. The van der Waals surface area contributed by atoms with E-state index in [1.165, 1.54) is 5.69 Å². The van der Waals surface area contributed by atoms with E-state index in [9.17, 15) is 0 Å². The van der Waals surface area contributed by atoms with Gasteiger partial charge in [-0.2, -0.15) is 10.4 Å². The number of nitrogens with zero attached hydrogens (tertiary/aromatic N) is 4. The summed E-state index contributed by atoms with van der Waals surface area (Å²) in [7, 11) is 4.00. The molecule has 0 saturated carbocycles. The zero-order chi connectivity index (χ0) is 12.1. The third-order valence-corrected chi connectivity index (χ3v) is 2.63. The summed E-state index contributed by atoms with van der Waals surface area (Å²) in [5, 5.41) is 13.2. The molecule has 4 heteroatoms. The minimum atomic E-state index is 0.0730. The molecule has 0 fully saturated rings. The monoisotopic (exact) mass is 220 g/mol. The summed E-state index contributed by atoms with van der Waals surface area (Å²) in [5.74, 6) is 0.0730. The van der Waals surface area contributed by atoms with Gasteiger partial charge in [-0.15, -0.1) is 0 Å². The van der Waals surface area contributed by atoms with Crippen molar-refractivity contribution >= 4 is 0 Å². The third-order valence-electron chi connectivity index (χ3n) is 2.63. The lowest BCUT2D eigenvalue weighted by atomic mass is 10.2. The molecule has 0 saturated heterocycles. The van der Waals surface area contributed by atoms with Crippen LogP contribution in [0.2, 0.25) is 0 Å². The molecular formula is C12H20N4. The smallest absolute Gasteiger partial charge is 0.0666 e. The molecule has 1 rings (SSSR count). The van der Waals surface area contributed by atoms with Crippen LogP contribution in [0, 0.1) is 17.2 Å². The Morgan fingerprint density at radius 3 is 2.81 bits per heavy atom. The van der Waals surface area contributed by atoms with E-state index in [1.807, 2.05) is 25.7 Å². The van der Waals surface area contributed by atoms with Crippen molar-refractivity contribution in [3.05, 3.63) is 17.5 Å². The fourth-order valence-corrected chi connectivity index (χ4v) is 1.74. The molecule has 0 aromatic carbocycles. The molecule has 16 heavy (non-hydrogen) atoms. The lowest BCUT2D eigenvalue weighted by molar-refractivity contribution is 0.295. The molecule has 1 aromatic rings. The second kappa shape index (κ2) is 5.66. The lowest BCUT2D eigenvalue weighted by Gasteiger charge is -2.17. The molecule has 0 bridgehead atoms. The van der Waals surface area contributed by atoms with Crippen LogP contribution in [0.15, 0.2) is 6.07 Å². The lowest BCUT2D eigenvalue weighted by Crippen LogP contribution is -2.24. The van der Waals surface area contributed by atoms with Crippen molar-refractivity contribution in [2.45, 2.75) is 26.8 Å². The zero-order valence-corrected chi connectivity index (χ0v) is 10.6. The third kappa shape index (κ3) is 3.35. The summed E-state index contributed by atoms with van der Waals surface area (Å²) in [6, 6.07) is 4.38. The highest BCUT2D eigenvalue weighted by Gasteiger charge is 2.09. The molecule has 0 spiro atoms. The van der Waals surface area contributed by atoms with Crippen molar-refractivity contribution in [3.63, 3.8) is 0 Å². The van der Waals surface area contributed by atoms with Gasteiger partial charge < -0.3 is 0 Å². The van der Waals surface area contributed by atoms with Crippen LogP contribution < -0.4 is 0 Å². The molecule has 88 valence electrons. The van der Waals surface area contributed by atoms with Gasteiger partial charge in [-0.1, -0.05) is 6.92 Å². The average Bonchev–Trinajstić information content (AvgIpc) is 2.59.